The molecule has 0 radical (unpaired) electrons. The van der Waals surface area contributed by atoms with Crippen LogP contribution in [0, 0.1) is 0 Å². The molecule has 6 nitrogen and oxygen atoms in total. The first kappa shape index (κ1) is 28.1. The van der Waals surface area contributed by atoms with E-state index >= 15 is 0 Å². The third-order valence-electron chi connectivity index (χ3n) is 5.94. The highest BCUT2D eigenvalue weighted by Crippen LogP contribution is 2.38. The fourth-order valence-corrected chi connectivity index (χ4v) is 5.10. The molecule has 0 aliphatic carbocycles. The van der Waals surface area contributed by atoms with Crippen LogP contribution in [0.25, 0.3) is 10.2 Å². The molecule has 0 spiro atoms. The molecule has 0 bridgehead atoms. The lowest BCUT2D eigenvalue weighted by molar-refractivity contribution is -0.143. The molecular formula is C25H25F6N3O3S. The Kier molecular flexibility index (Phi) is 8.48. The van der Waals surface area contributed by atoms with Gasteiger partial charge in [-0.25, -0.2) is 4.98 Å². The molecule has 1 aromatic heterocycles. The van der Waals surface area contributed by atoms with Crippen molar-refractivity contribution in [2.75, 3.05) is 50.9 Å². The number of halogens is 6. The number of alkyl halides is 6. The van der Waals surface area contributed by atoms with Gasteiger partial charge in [0.25, 0.3) is 5.91 Å². The Bertz CT molecular complexity index is 1240. The van der Waals surface area contributed by atoms with Gasteiger partial charge in [0.2, 0.25) is 0 Å². The lowest BCUT2D eigenvalue weighted by Gasteiger charge is -2.28. The highest BCUT2D eigenvalue weighted by atomic mass is 32.1. The maximum atomic E-state index is 13.6. The summed E-state index contributed by atoms with van der Waals surface area (Å²) >= 11 is 1.11. The number of amides is 1. The van der Waals surface area contributed by atoms with Crippen molar-refractivity contribution in [1.29, 1.82) is 0 Å². The molecule has 0 N–H and O–H groups in total. The van der Waals surface area contributed by atoms with Crippen molar-refractivity contribution in [3.05, 3.63) is 53.1 Å². The maximum absolute atomic E-state index is 13.6. The van der Waals surface area contributed by atoms with Crippen LogP contribution in [0.4, 0.5) is 31.5 Å². The summed E-state index contributed by atoms with van der Waals surface area (Å²) in [4.78, 5) is 21.3. The zero-order chi connectivity index (χ0) is 27.5. The first-order valence-electron chi connectivity index (χ1n) is 11.9. The van der Waals surface area contributed by atoms with E-state index in [9.17, 15) is 31.1 Å². The van der Waals surface area contributed by atoms with Crippen LogP contribution < -0.4 is 9.64 Å². The summed E-state index contributed by atoms with van der Waals surface area (Å²) < 4.78 is 92.3. The number of aromatic nitrogens is 1. The molecule has 3 aromatic rings. The van der Waals surface area contributed by atoms with Crippen molar-refractivity contribution in [3.8, 4) is 5.75 Å². The minimum atomic E-state index is -5.07. The van der Waals surface area contributed by atoms with Gasteiger partial charge in [0.05, 0.1) is 35.6 Å². The molecule has 1 saturated heterocycles. The van der Waals surface area contributed by atoms with E-state index in [1.807, 2.05) is 0 Å². The number of hydrogen-bond acceptors (Lipinski definition) is 6. The maximum Gasteiger partial charge on any atom is 0.416 e. The van der Waals surface area contributed by atoms with Gasteiger partial charge in [0, 0.05) is 31.7 Å². The zero-order valence-corrected chi connectivity index (χ0v) is 21.2. The molecule has 2 heterocycles. The standard InChI is InChI=1S/C25H25F6N3O3S/c1-2-37-19-5-3-6-20-21(19)32-23(38-20)34(8-4-7-33-9-11-36-12-10-33)22(35)16-13-17(24(26,27)28)15-18(14-16)25(29,30)31/h3,5-6,13-15H,2,4,7-12H2,1H3. The Balaban J connectivity index is 1.72. The van der Waals surface area contributed by atoms with Gasteiger partial charge in [-0.05, 0) is 43.7 Å². The van der Waals surface area contributed by atoms with Gasteiger partial charge in [-0.2, -0.15) is 26.3 Å². The molecule has 1 fully saturated rings. The van der Waals surface area contributed by atoms with Crippen molar-refractivity contribution in [2.24, 2.45) is 0 Å². The van der Waals surface area contributed by atoms with Crippen LogP contribution in [0.1, 0.15) is 34.8 Å². The van der Waals surface area contributed by atoms with Gasteiger partial charge in [0.1, 0.15) is 11.3 Å². The van der Waals surface area contributed by atoms with E-state index in [1.54, 1.807) is 25.1 Å². The number of para-hydroxylation sites is 1. The number of morpholine rings is 1. The fourth-order valence-electron chi connectivity index (χ4n) is 4.09. The van der Waals surface area contributed by atoms with E-state index in [0.717, 1.165) is 16.2 Å². The van der Waals surface area contributed by atoms with Gasteiger partial charge < -0.3 is 9.47 Å². The lowest BCUT2D eigenvalue weighted by Crippen LogP contribution is -2.39. The fraction of sp³-hybridized carbons (Fsp3) is 0.440. The predicted molar refractivity (Wildman–Crippen MR) is 131 cm³/mol. The summed E-state index contributed by atoms with van der Waals surface area (Å²) in [5.41, 5.74) is -3.36. The van der Waals surface area contributed by atoms with Gasteiger partial charge in [0.15, 0.2) is 5.13 Å². The number of anilines is 1. The average molecular weight is 562 g/mol. The van der Waals surface area contributed by atoms with Crippen molar-refractivity contribution in [2.45, 2.75) is 25.7 Å². The van der Waals surface area contributed by atoms with Crippen molar-refractivity contribution in [3.63, 3.8) is 0 Å². The monoisotopic (exact) mass is 561 g/mol. The summed E-state index contributed by atoms with van der Waals surface area (Å²) in [6.07, 6.45) is -9.72. The van der Waals surface area contributed by atoms with E-state index in [0.29, 0.717) is 74.0 Å². The van der Waals surface area contributed by atoms with Crippen LogP contribution in [0.3, 0.4) is 0 Å². The van der Waals surface area contributed by atoms with Crippen molar-refractivity contribution >= 4 is 32.6 Å². The minimum absolute atomic E-state index is 0.00555. The van der Waals surface area contributed by atoms with Crippen molar-refractivity contribution < 1.29 is 40.6 Å². The van der Waals surface area contributed by atoms with Crippen LogP contribution in [0.5, 0.6) is 5.75 Å². The Morgan fingerprint density at radius 3 is 2.34 bits per heavy atom. The highest BCUT2D eigenvalue weighted by Gasteiger charge is 2.38. The van der Waals surface area contributed by atoms with E-state index < -0.39 is 35.0 Å². The Morgan fingerprint density at radius 1 is 1.08 bits per heavy atom. The van der Waals surface area contributed by atoms with E-state index in [-0.39, 0.29) is 17.7 Å². The SMILES string of the molecule is CCOc1cccc2sc(N(CCCN3CCOCC3)C(=O)c3cc(C(F)(F)F)cc(C(F)(F)F)c3)nc12. The number of carbonyl (C=O) groups is 1. The summed E-state index contributed by atoms with van der Waals surface area (Å²) in [5, 5.41) is 0.158. The average Bonchev–Trinajstić information content (AvgIpc) is 3.31. The second-order valence-corrected chi connectivity index (χ2v) is 9.60. The number of carbonyl (C=O) groups excluding carboxylic acids is 1. The molecule has 206 valence electrons. The third kappa shape index (κ3) is 6.56. The molecular weight excluding hydrogens is 536 g/mol. The molecule has 0 saturated carbocycles. The van der Waals surface area contributed by atoms with Crippen molar-refractivity contribution in [1.82, 2.24) is 9.88 Å². The molecule has 1 amide bonds. The lowest BCUT2D eigenvalue weighted by atomic mass is 10.0. The quantitative estimate of drug-likeness (QED) is 0.311. The number of rotatable bonds is 8. The van der Waals surface area contributed by atoms with Crippen LogP contribution in [-0.4, -0.2) is 61.8 Å². The first-order chi connectivity index (χ1) is 18.0. The number of hydrogen-bond donors (Lipinski definition) is 0. The molecule has 1 aliphatic rings. The van der Waals surface area contributed by atoms with E-state index in [2.05, 4.69) is 9.88 Å². The minimum Gasteiger partial charge on any atom is -0.492 e. The highest BCUT2D eigenvalue weighted by molar-refractivity contribution is 7.22. The Labute approximate surface area is 218 Å². The van der Waals surface area contributed by atoms with Gasteiger partial charge in [-0.15, -0.1) is 0 Å². The van der Waals surface area contributed by atoms with Crippen LogP contribution in [-0.2, 0) is 17.1 Å². The number of nitrogens with zero attached hydrogens (tertiary/aromatic N) is 3. The molecule has 38 heavy (non-hydrogen) atoms. The topological polar surface area (TPSA) is 54.9 Å². The van der Waals surface area contributed by atoms with E-state index in [1.165, 1.54) is 0 Å². The second-order valence-electron chi connectivity index (χ2n) is 8.59. The van der Waals surface area contributed by atoms with Crippen LogP contribution in [0.2, 0.25) is 0 Å². The number of thiazole rings is 1. The predicted octanol–water partition coefficient (Wildman–Crippen LogP) is 6.10. The molecule has 13 heteroatoms. The van der Waals surface area contributed by atoms with Gasteiger partial charge in [-0.1, -0.05) is 17.4 Å². The number of benzene rings is 2. The number of ether oxygens (including phenoxy) is 2. The smallest absolute Gasteiger partial charge is 0.416 e. The second kappa shape index (κ2) is 11.5. The number of fused-ring (bicyclic) bond motifs is 1. The van der Waals surface area contributed by atoms with Crippen LogP contribution in [0.15, 0.2) is 36.4 Å². The molecule has 0 atom stereocenters. The van der Waals surface area contributed by atoms with Gasteiger partial charge in [-0.3, -0.25) is 14.6 Å². The molecule has 2 aromatic carbocycles. The summed E-state index contributed by atoms with van der Waals surface area (Å²) in [7, 11) is 0. The van der Waals surface area contributed by atoms with Gasteiger partial charge >= 0.3 is 12.4 Å². The Hall–Kier alpha value is -2.90. The third-order valence-corrected chi connectivity index (χ3v) is 6.98. The normalized spacial score (nSPS) is 15.1. The Morgan fingerprint density at radius 2 is 1.74 bits per heavy atom. The largest absolute Gasteiger partial charge is 0.492 e. The first-order valence-corrected chi connectivity index (χ1v) is 12.7. The summed E-state index contributed by atoms with van der Waals surface area (Å²) in [6, 6.07) is 6.09. The molecule has 0 unspecified atom stereocenters. The summed E-state index contributed by atoms with van der Waals surface area (Å²) in [6.45, 7) is 5.26. The van der Waals surface area contributed by atoms with Crippen LogP contribution >= 0.6 is 11.3 Å². The summed E-state index contributed by atoms with van der Waals surface area (Å²) in [5.74, 6) is -0.535. The van der Waals surface area contributed by atoms with E-state index in [4.69, 9.17) is 9.47 Å². The zero-order valence-electron chi connectivity index (χ0n) is 20.4. The molecule has 1 aliphatic heterocycles. The molecule has 4 rings (SSSR count).